The Bertz CT molecular complexity index is 627. The van der Waals surface area contributed by atoms with Gasteiger partial charge in [0, 0.05) is 39.1 Å². The Kier molecular flexibility index (Phi) is 6.02. The Balaban J connectivity index is 1.47. The van der Waals surface area contributed by atoms with Gasteiger partial charge in [-0.1, -0.05) is 60.7 Å². The van der Waals surface area contributed by atoms with E-state index in [9.17, 15) is 4.79 Å². The van der Waals surface area contributed by atoms with E-state index >= 15 is 0 Å². The van der Waals surface area contributed by atoms with E-state index in [4.69, 9.17) is 0 Å². The van der Waals surface area contributed by atoms with Gasteiger partial charge in [-0.3, -0.25) is 9.69 Å². The third kappa shape index (κ3) is 4.93. The van der Waals surface area contributed by atoms with Crippen molar-refractivity contribution in [2.75, 3.05) is 26.2 Å². The molecule has 1 saturated heterocycles. The minimum atomic E-state index is 0.292. The van der Waals surface area contributed by atoms with Crippen molar-refractivity contribution in [2.45, 2.75) is 25.8 Å². The zero-order chi connectivity index (χ0) is 16.6. The third-order valence-corrected chi connectivity index (χ3v) is 4.66. The highest BCUT2D eigenvalue weighted by molar-refractivity contribution is 5.76. The number of aryl methyl sites for hydroxylation is 1. The highest BCUT2D eigenvalue weighted by Crippen LogP contribution is 2.11. The van der Waals surface area contributed by atoms with Crippen molar-refractivity contribution in [2.24, 2.45) is 0 Å². The van der Waals surface area contributed by atoms with E-state index in [2.05, 4.69) is 47.4 Å². The van der Waals surface area contributed by atoms with Crippen molar-refractivity contribution < 1.29 is 4.79 Å². The summed E-state index contributed by atoms with van der Waals surface area (Å²) < 4.78 is 0. The molecule has 0 atom stereocenters. The van der Waals surface area contributed by atoms with Gasteiger partial charge in [-0.05, 0) is 24.0 Å². The topological polar surface area (TPSA) is 23.6 Å². The van der Waals surface area contributed by atoms with E-state index in [0.29, 0.717) is 12.3 Å². The largest absolute Gasteiger partial charge is 0.341 e. The maximum atomic E-state index is 12.5. The van der Waals surface area contributed by atoms with Crippen LogP contribution in [0.2, 0.25) is 0 Å². The van der Waals surface area contributed by atoms with Gasteiger partial charge >= 0.3 is 0 Å². The van der Waals surface area contributed by atoms with E-state index < -0.39 is 0 Å². The lowest BCUT2D eigenvalue weighted by molar-refractivity contribution is -0.131. The maximum absolute atomic E-state index is 12.5. The zero-order valence-corrected chi connectivity index (χ0v) is 14.2. The first kappa shape index (κ1) is 16.7. The van der Waals surface area contributed by atoms with Crippen molar-refractivity contribution >= 4 is 5.91 Å². The van der Waals surface area contributed by atoms with Crippen molar-refractivity contribution in [3.8, 4) is 0 Å². The molecule has 0 spiro atoms. The molecule has 1 aliphatic rings. The van der Waals surface area contributed by atoms with E-state index in [1.807, 2.05) is 23.1 Å². The highest BCUT2D eigenvalue weighted by Gasteiger charge is 2.18. The molecule has 0 bridgehead atoms. The first-order chi connectivity index (χ1) is 11.8. The molecular formula is C21H26N2O. The third-order valence-electron chi connectivity index (χ3n) is 4.66. The maximum Gasteiger partial charge on any atom is 0.222 e. The predicted molar refractivity (Wildman–Crippen MR) is 97.7 cm³/mol. The van der Waals surface area contributed by atoms with Gasteiger partial charge < -0.3 is 4.90 Å². The zero-order valence-electron chi connectivity index (χ0n) is 14.2. The Morgan fingerprint density at radius 3 is 2.17 bits per heavy atom. The molecular weight excluding hydrogens is 296 g/mol. The number of rotatable bonds is 5. The van der Waals surface area contributed by atoms with Gasteiger partial charge in [-0.2, -0.15) is 0 Å². The smallest absolute Gasteiger partial charge is 0.222 e. The van der Waals surface area contributed by atoms with Crippen LogP contribution in [0.1, 0.15) is 24.0 Å². The normalized spacial score (nSPS) is 15.9. The van der Waals surface area contributed by atoms with Crippen LogP contribution in [-0.2, 0) is 17.8 Å². The summed E-state index contributed by atoms with van der Waals surface area (Å²) in [5.74, 6) is 0.292. The minimum Gasteiger partial charge on any atom is -0.341 e. The van der Waals surface area contributed by atoms with Crippen molar-refractivity contribution in [1.82, 2.24) is 9.80 Å². The molecule has 0 N–H and O–H groups in total. The highest BCUT2D eigenvalue weighted by atomic mass is 16.2. The van der Waals surface area contributed by atoms with Crippen molar-refractivity contribution in [1.29, 1.82) is 0 Å². The lowest BCUT2D eigenvalue weighted by Crippen LogP contribution is -2.35. The van der Waals surface area contributed by atoms with Crippen LogP contribution in [0.15, 0.2) is 60.7 Å². The van der Waals surface area contributed by atoms with Gasteiger partial charge in [-0.25, -0.2) is 0 Å². The monoisotopic (exact) mass is 322 g/mol. The summed E-state index contributed by atoms with van der Waals surface area (Å²) in [5, 5.41) is 0. The molecule has 0 aromatic heterocycles. The molecule has 2 aromatic rings. The molecule has 3 nitrogen and oxygen atoms in total. The number of amides is 1. The van der Waals surface area contributed by atoms with Crippen LogP contribution < -0.4 is 0 Å². The Hall–Kier alpha value is -2.13. The minimum absolute atomic E-state index is 0.292. The molecule has 0 saturated carbocycles. The van der Waals surface area contributed by atoms with Crippen LogP contribution >= 0.6 is 0 Å². The first-order valence-electron chi connectivity index (χ1n) is 8.89. The Morgan fingerprint density at radius 2 is 1.46 bits per heavy atom. The fourth-order valence-electron chi connectivity index (χ4n) is 3.27. The molecule has 3 heteroatoms. The Labute approximate surface area is 144 Å². The average molecular weight is 322 g/mol. The lowest BCUT2D eigenvalue weighted by Gasteiger charge is -2.22. The SMILES string of the molecule is O=C(CCc1ccccc1)N1CCCN(Cc2ccccc2)CC1. The first-order valence-corrected chi connectivity index (χ1v) is 8.89. The van der Waals surface area contributed by atoms with Gasteiger partial charge in [0.25, 0.3) is 0 Å². The van der Waals surface area contributed by atoms with Crippen LogP contribution in [0.5, 0.6) is 0 Å². The number of hydrogen-bond donors (Lipinski definition) is 0. The number of carbonyl (C=O) groups excluding carboxylic acids is 1. The van der Waals surface area contributed by atoms with E-state index in [1.54, 1.807) is 0 Å². The number of hydrogen-bond acceptors (Lipinski definition) is 2. The second kappa shape index (κ2) is 8.65. The summed E-state index contributed by atoms with van der Waals surface area (Å²) >= 11 is 0. The molecule has 126 valence electrons. The summed E-state index contributed by atoms with van der Waals surface area (Å²) in [6.45, 7) is 4.75. The van der Waals surface area contributed by atoms with E-state index in [0.717, 1.165) is 45.6 Å². The second-order valence-corrected chi connectivity index (χ2v) is 6.48. The molecule has 0 aliphatic carbocycles. The van der Waals surface area contributed by atoms with E-state index in [-0.39, 0.29) is 0 Å². The lowest BCUT2D eigenvalue weighted by atomic mass is 10.1. The second-order valence-electron chi connectivity index (χ2n) is 6.48. The molecule has 0 unspecified atom stereocenters. The number of benzene rings is 2. The number of nitrogens with zero attached hydrogens (tertiary/aromatic N) is 2. The standard InChI is InChI=1S/C21H26N2O/c24-21(13-12-19-8-3-1-4-9-19)23-15-7-14-22(16-17-23)18-20-10-5-2-6-11-20/h1-6,8-11H,7,12-18H2. The van der Waals surface area contributed by atoms with Gasteiger partial charge in [-0.15, -0.1) is 0 Å². The molecule has 3 rings (SSSR count). The summed E-state index contributed by atoms with van der Waals surface area (Å²) in [6.07, 6.45) is 2.51. The fourth-order valence-corrected chi connectivity index (χ4v) is 3.27. The van der Waals surface area contributed by atoms with Gasteiger partial charge in [0.15, 0.2) is 0 Å². The average Bonchev–Trinajstić information content (AvgIpc) is 2.87. The van der Waals surface area contributed by atoms with Gasteiger partial charge in [0.05, 0.1) is 0 Å². The van der Waals surface area contributed by atoms with Crippen LogP contribution in [0.25, 0.3) is 0 Å². The molecule has 1 fully saturated rings. The number of carbonyl (C=O) groups is 1. The molecule has 0 radical (unpaired) electrons. The van der Waals surface area contributed by atoms with E-state index in [1.165, 1.54) is 11.1 Å². The quantitative estimate of drug-likeness (QED) is 0.843. The summed E-state index contributed by atoms with van der Waals surface area (Å²) in [4.78, 5) is 17.0. The van der Waals surface area contributed by atoms with Crippen LogP contribution in [0, 0.1) is 0 Å². The van der Waals surface area contributed by atoms with Crippen molar-refractivity contribution in [3.63, 3.8) is 0 Å². The van der Waals surface area contributed by atoms with Gasteiger partial charge in [0.1, 0.15) is 0 Å². The molecule has 1 amide bonds. The predicted octanol–water partition coefficient (Wildman–Crippen LogP) is 3.35. The molecule has 1 aliphatic heterocycles. The van der Waals surface area contributed by atoms with Gasteiger partial charge in [0.2, 0.25) is 5.91 Å². The molecule has 24 heavy (non-hydrogen) atoms. The fraction of sp³-hybridized carbons (Fsp3) is 0.381. The van der Waals surface area contributed by atoms with Crippen molar-refractivity contribution in [3.05, 3.63) is 71.8 Å². The summed E-state index contributed by atoms with van der Waals surface area (Å²) in [6, 6.07) is 20.9. The van der Waals surface area contributed by atoms with Crippen LogP contribution in [0.3, 0.4) is 0 Å². The molecule has 1 heterocycles. The Morgan fingerprint density at radius 1 is 0.792 bits per heavy atom. The van der Waals surface area contributed by atoms with Crippen LogP contribution in [0.4, 0.5) is 0 Å². The molecule has 2 aromatic carbocycles. The van der Waals surface area contributed by atoms with Crippen LogP contribution in [-0.4, -0.2) is 41.9 Å². The summed E-state index contributed by atoms with van der Waals surface area (Å²) in [7, 11) is 0. The summed E-state index contributed by atoms with van der Waals surface area (Å²) in [5.41, 5.74) is 2.59.